The van der Waals surface area contributed by atoms with Crippen molar-refractivity contribution in [3.05, 3.63) is 35.1 Å². The van der Waals surface area contributed by atoms with Gasteiger partial charge in [-0.15, -0.1) is 0 Å². The minimum absolute atomic E-state index is 0.0102. The van der Waals surface area contributed by atoms with E-state index >= 15 is 0 Å². The molecule has 1 aliphatic rings. The van der Waals surface area contributed by atoms with Crippen molar-refractivity contribution in [2.75, 3.05) is 39.8 Å². The minimum Gasteiger partial charge on any atom is -0.374 e. The quantitative estimate of drug-likeness (QED) is 0.816. The number of ether oxygens (including phenoxy) is 1. The highest BCUT2D eigenvalue weighted by Crippen LogP contribution is 2.14. The fourth-order valence-corrected chi connectivity index (χ4v) is 2.73. The maximum absolute atomic E-state index is 13.4. The van der Waals surface area contributed by atoms with E-state index in [4.69, 9.17) is 15.7 Å². The Morgan fingerprint density at radius 2 is 2.39 bits per heavy atom. The van der Waals surface area contributed by atoms with Crippen LogP contribution in [0.4, 0.5) is 4.39 Å². The molecular formula is C16H21FN4O2. The highest BCUT2D eigenvalue weighted by molar-refractivity contribution is 5.75. The molecule has 0 saturated carbocycles. The third-order valence-electron chi connectivity index (χ3n) is 3.72. The van der Waals surface area contributed by atoms with Crippen molar-refractivity contribution >= 4 is 5.91 Å². The second-order valence-corrected chi connectivity index (χ2v) is 5.82. The number of benzene rings is 1. The van der Waals surface area contributed by atoms with E-state index in [1.54, 1.807) is 12.1 Å². The molecule has 6 nitrogen and oxygen atoms in total. The van der Waals surface area contributed by atoms with Gasteiger partial charge < -0.3 is 10.5 Å². The van der Waals surface area contributed by atoms with Gasteiger partial charge in [-0.1, -0.05) is 6.07 Å². The van der Waals surface area contributed by atoms with Gasteiger partial charge in [0.2, 0.25) is 5.91 Å². The van der Waals surface area contributed by atoms with Crippen molar-refractivity contribution in [1.82, 2.24) is 9.80 Å². The van der Waals surface area contributed by atoms with Crippen molar-refractivity contribution in [3.63, 3.8) is 0 Å². The number of halogens is 1. The average molecular weight is 320 g/mol. The van der Waals surface area contributed by atoms with Gasteiger partial charge in [0.1, 0.15) is 11.9 Å². The van der Waals surface area contributed by atoms with Gasteiger partial charge in [0.05, 0.1) is 24.8 Å². The van der Waals surface area contributed by atoms with Crippen LogP contribution in [-0.2, 0) is 16.1 Å². The van der Waals surface area contributed by atoms with Crippen LogP contribution in [0.25, 0.3) is 0 Å². The Morgan fingerprint density at radius 3 is 3.09 bits per heavy atom. The molecule has 1 heterocycles. The van der Waals surface area contributed by atoms with Crippen molar-refractivity contribution in [2.24, 2.45) is 5.73 Å². The zero-order valence-corrected chi connectivity index (χ0v) is 13.2. The first kappa shape index (κ1) is 17.3. The number of hydrogen-bond donors (Lipinski definition) is 1. The van der Waals surface area contributed by atoms with Crippen molar-refractivity contribution in [2.45, 2.75) is 12.6 Å². The third kappa shape index (κ3) is 5.28. The summed E-state index contributed by atoms with van der Waals surface area (Å²) in [6.45, 7) is 3.53. The first-order valence-electron chi connectivity index (χ1n) is 7.47. The summed E-state index contributed by atoms with van der Waals surface area (Å²) in [6.07, 6.45) is -0.0102. The standard InChI is InChI=1S/C16H21FN4O2/c1-20(11-16(19)22)9-14-10-21(4-5-23-14)8-12-2-3-15(17)13(6-12)7-18/h2-3,6,14H,4-5,8-11H2,1H3,(H2,19,22)/t14-/m0/s1. The summed E-state index contributed by atoms with van der Waals surface area (Å²) >= 11 is 0. The number of primary amides is 1. The fraction of sp³-hybridized carbons (Fsp3) is 0.500. The Hall–Kier alpha value is -2.01. The SMILES string of the molecule is CN(CC(N)=O)C[C@H]1CN(Cc2ccc(F)c(C#N)c2)CCO1. The van der Waals surface area contributed by atoms with Crippen LogP contribution in [0.3, 0.4) is 0 Å². The third-order valence-corrected chi connectivity index (χ3v) is 3.72. The van der Waals surface area contributed by atoms with Crippen molar-refractivity contribution < 1.29 is 13.9 Å². The summed E-state index contributed by atoms with van der Waals surface area (Å²) in [5.74, 6) is -0.861. The summed E-state index contributed by atoms with van der Waals surface area (Å²) in [4.78, 5) is 14.9. The molecule has 0 spiro atoms. The molecule has 23 heavy (non-hydrogen) atoms. The molecule has 0 aromatic heterocycles. The highest BCUT2D eigenvalue weighted by Gasteiger charge is 2.22. The normalized spacial score (nSPS) is 18.8. The lowest BCUT2D eigenvalue weighted by Gasteiger charge is -2.34. The molecule has 1 amide bonds. The predicted octanol–water partition coefficient (Wildman–Crippen LogP) is 0.315. The molecular weight excluding hydrogens is 299 g/mol. The van der Waals surface area contributed by atoms with Gasteiger partial charge in [0.25, 0.3) is 0 Å². The van der Waals surface area contributed by atoms with Gasteiger partial charge in [-0.25, -0.2) is 4.39 Å². The fourth-order valence-electron chi connectivity index (χ4n) is 2.73. The van der Waals surface area contributed by atoms with Gasteiger partial charge >= 0.3 is 0 Å². The van der Waals surface area contributed by atoms with E-state index in [0.29, 0.717) is 26.2 Å². The van der Waals surface area contributed by atoms with Gasteiger partial charge in [-0.05, 0) is 24.7 Å². The number of nitriles is 1. The van der Waals surface area contributed by atoms with Crippen LogP contribution in [-0.4, -0.2) is 61.6 Å². The Balaban J connectivity index is 1.91. The van der Waals surface area contributed by atoms with Crippen LogP contribution >= 0.6 is 0 Å². The van der Waals surface area contributed by atoms with Crippen molar-refractivity contribution in [1.29, 1.82) is 5.26 Å². The Labute approximate surface area is 135 Å². The maximum atomic E-state index is 13.4. The number of amides is 1. The van der Waals surface area contributed by atoms with E-state index in [-0.39, 0.29) is 24.1 Å². The summed E-state index contributed by atoms with van der Waals surface area (Å²) in [5.41, 5.74) is 6.14. The van der Waals surface area contributed by atoms with Crippen LogP contribution < -0.4 is 5.73 Å². The summed E-state index contributed by atoms with van der Waals surface area (Å²) in [5, 5.41) is 8.90. The highest BCUT2D eigenvalue weighted by atomic mass is 19.1. The number of nitrogens with two attached hydrogens (primary N) is 1. The maximum Gasteiger partial charge on any atom is 0.231 e. The molecule has 1 atom stereocenters. The molecule has 2 N–H and O–H groups in total. The first-order chi connectivity index (χ1) is 11.0. The average Bonchev–Trinajstić information content (AvgIpc) is 2.48. The lowest BCUT2D eigenvalue weighted by atomic mass is 10.1. The Morgan fingerprint density at radius 1 is 1.61 bits per heavy atom. The second-order valence-electron chi connectivity index (χ2n) is 5.82. The van der Waals surface area contributed by atoms with Crippen LogP contribution in [0.1, 0.15) is 11.1 Å². The molecule has 0 bridgehead atoms. The van der Waals surface area contributed by atoms with E-state index < -0.39 is 5.82 Å². The van der Waals surface area contributed by atoms with Crippen LogP contribution in [0.15, 0.2) is 18.2 Å². The Kier molecular flexibility index (Phi) is 6.04. The summed E-state index contributed by atoms with van der Waals surface area (Å²) in [7, 11) is 1.83. The zero-order chi connectivity index (χ0) is 16.8. The minimum atomic E-state index is -0.496. The van der Waals surface area contributed by atoms with E-state index in [9.17, 15) is 9.18 Å². The molecule has 7 heteroatoms. The number of rotatable bonds is 6. The molecule has 1 aromatic carbocycles. The number of carbonyl (C=O) groups excluding carboxylic acids is 1. The zero-order valence-electron chi connectivity index (χ0n) is 13.2. The Bertz CT molecular complexity index is 602. The number of carbonyl (C=O) groups is 1. The number of nitrogens with zero attached hydrogens (tertiary/aromatic N) is 3. The molecule has 2 rings (SSSR count). The molecule has 0 aliphatic carbocycles. The smallest absolute Gasteiger partial charge is 0.231 e. The van der Waals surface area contributed by atoms with Crippen LogP contribution in [0.5, 0.6) is 0 Å². The van der Waals surface area contributed by atoms with E-state index in [2.05, 4.69) is 4.90 Å². The van der Waals surface area contributed by atoms with Gasteiger partial charge in [0, 0.05) is 26.2 Å². The molecule has 1 aliphatic heterocycles. The van der Waals surface area contributed by atoms with Crippen molar-refractivity contribution in [3.8, 4) is 6.07 Å². The van der Waals surface area contributed by atoms with E-state index in [1.165, 1.54) is 6.07 Å². The molecule has 1 saturated heterocycles. The van der Waals surface area contributed by atoms with Crippen LogP contribution in [0.2, 0.25) is 0 Å². The largest absolute Gasteiger partial charge is 0.374 e. The van der Waals surface area contributed by atoms with E-state index in [0.717, 1.165) is 12.1 Å². The topological polar surface area (TPSA) is 82.6 Å². The number of hydrogen-bond acceptors (Lipinski definition) is 5. The molecule has 1 fully saturated rings. The molecule has 0 radical (unpaired) electrons. The predicted molar refractivity (Wildman–Crippen MR) is 82.8 cm³/mol. The van der Waals surface area contributed by atoms with Gasteiger partial charge in [0.15, 0.2) is 0 Å². The monoisotopic (exact) mass is 320 g/mol. The second kappa shape index (κ2) is 8.02. The van der Waals surface area contributed by atoms with E-state index in [1.807, 2.05) is 18.0 Å². The summed E-state index contributed by atoms with van der Waals surface area (Å²) < 4.78 is 19.1. The summed E-state index contributed by atoms with van der Waals surface area (Å²) in [6, 6.07) is 6.46. The van der Waals surface area contributed by atoms with Crippen LogP contribution in [0, 0.1) is 17.1 Å². The van der Waals surface area contributed by atoms with Gasteiger partial charge in [-0.3, -0.25) is 14.6 Å². The lowest BCUT2D eigenvalue weighted by molar-refractivity contribution is -0.119. The first-order valence-corrected chi connectivity index (χ1v) is 7.47. The molecule has 124 valence electrons. The number of likely N-dealkylation sites (N-methyl/N-ethyl adjacent to an activating group) is 1. The molecule has 0 unspecified atom stereocenters. The van der Waals surface area contributed by atoms with Gasteiger partial charge in [-0.2, -0.15) is 5.26 Å². The number of morpholine rings is 1. The lowest BCUT2D eigenvalue weighted by Crippen LogP contribution is -2.47. The molecule has 1 aromatic rings.